The van der Waals surface area contributed by atoms with Gasteiger partial charge in [0.15, 0.2) is 0 Å². The third kappa shape index (κ3) is 4.40. The van der Waals surface area contributed by atoms with Crippen molar-refractivity contribution in [1.29, 1.82) is 0 Å². The van der Waals surface area contributed by atoms with E-state index in [1.54, 1.807) is 48.1 Å². The Kier molecular flexibility index (Phi) is 6.36. The Morgan fingerprint density at radius 2 is 1.78 bits per heavy atom. The number of halogens is 1. The van der Waals surface area contributed by atoms with Gasteiger partial charge in [-0.1, -0.05) is 29.8 Å². The highest BCUT2D eigenvalue weighted by Gasteiger charge is 2.28. The number of methoxy groups -OCH3 is 1. The van der Waals surface area contributed by atoms with Gasteiger partial charge in [-0.05, 0) is 49.9 Å². The third-order valence-electron chi connectivity index (χ3n) is 6.63. The first-order valence-corrected chi connectivity index (χ1v) is 13.8. The molecule has 1 N–H and O–H groups in total. The lowest BCUT2D eigenvalue weighted by Crippen LogP contribution is -2.43. The van der Waals surface area contributed by atoms with Crippen molar-refractivity contribution in [2.45, 2.75) is 37.8 Å². The molecule has 0 unspecified atom stereocenters. The fourth-order valence-corrected chi connectivity index (χ4v) is 6.14. The number of ether oxygens (including phenoxy) is 1. The first-order valence-electron chi connectivity index (χ1n) is 11.5. The number of hydrogen-bond donors (Lipinski definition) is 1. The van der Waals surface area contributed by atoms with Gasteiger partial charge < -0.3 is 4.74 Å². The Morgan fingerprint density at radius 3 is 2.44 bits per heavy atom. The molecule has 2 aromatic heterocycles. The van der Waals surface area contributed by atoms with Crippen LogP contribution in [0.3, 0.4) is 0 Å². The lowest BCUT2D eigenvalue weighted by atomic mass is 9.91. The van der Waals surface area contributed by atoms with Gasteiger partial charge in [0.25, 0.3) is 5.56 Å². The lowest BCUT2D eigenvalue weighted by molar-refractivity contribution is 0.308. The van der Waals surface area contributed by atoms with E-state index in [0.717, 1.165) is 10.8 Å². The van der Waals surface area contributed by atoms with E-state index < -0.39 is 21.3 Å². The fourth-order valence-electron chi connectivity index (χ4n) is 5.11. The number of sulfonamides is 1. The van der Waals surface area contributed by atoms with Crippen LogP contribution in [0, 0.1) is 0 Å². The van der Waals surface area contributed by atoms with E-state index in [4.69, 9.17) is 16.3 Å². The molecule has 1 saturated carbocycles. The number of para-hydroxylation sites is 1. The molecule has 0 radical (unpaired) electrons. The quantitative estimate of drug-likeness (QED) is 0.397. The zero-order chi connectivity index (χ0) is 25.6. The van der Waals surface area contributed by atoms with Crippen LogP contribution in [0.25, 0.3) is 27.5 Å². The van der Waals surface area contributed by atoms with Crippen molar-refractivity contribution < 1.29 is 13.2 Å². The Labute approximate surface area is 212 Å². The highest BCUT2D eigenvalue weighted by atomic mass is 35.5. The second-order valence-electron chi connectivity index (χ2n) is 9.05. The first kappa shape index (κ1) is 24.5. The van der Waals surface area contributed by atoms with Crippen LogP contribution in [0.2, 0.25) is 5.02 Å². The molecule has 0 amide bonds. The molecule has 36 heavy (non-hydrogen) atoms. The number of nitrogens with one attached hydrogen (secondary N) is 1. The topological polar surface area (TPSA) is 112 Å². The first-order chi connectivity index (χ1) is 17.2. The van der Waals surface area contributed by atoms with Crippen molar-refractivity contribution in [3.63, 3.8) is 0 Å². The molecule has 0 bridgehead atoms. The predicted molar refractivity (Wildman–Crippen MR) is 140 cm³/mol. The van der Waals surface area contributed by atoms with E-state index in [-0.39, 0.29) is 12.1 Å². The van der Waals surface area contributed by atoms with Gasteiger partial charge in [-0.25, -0.2) is 22.5 Å². The Hall–Kier alpha value is -3.21. The number of fused-ring (bicyclic) bond motifs is 3. The van der Waals surface area contributed by atoms with Crippen molar-refractivity contribution in [2.24, 2.45) is 0 Å². The van der Waals surface area contributed by atoms with Crippen LogP contribution in [-0.4, -0.2) is 41.9 Å². The van der Waals surface area contributed by atoms with Gasteiger partial charge in [-0.15, -0.1) is 0 Å². The van der Waals surface area contributed by atoms with E-state index in [0.29, 0.717) is 63.9 Å². The van der Waals surface area contributed by atoms with Crippen LogP contribution >= 0.6 is 11.6 Å². The van der Waals surface area contributed by atoms with Gasteiger partial charge in [-0.3, -0.25) is 14.3 Å². The number of hydrogen-bond acceptors (Lipinski definition) is 6. The monoisotopic (exact) mass is 528 g/mol. The van der Waals surface area contributed by atoms with Crippen LogP contribution < -0.4 is 20.7 Å². The van der Waals surface area contributed by atoms with Crippen molar-refractivity contribution in [2.75, 3.05) is 13.4 Å². The molecule has 1 aliphatic rings. The number of pyridine rings is 1. The summed E-state index contributed by atoms with van der Waals surface area (Å²) in [6.45, 7) is 0. The summed E-state index contributed by atoms with van der Waals surface area (Å²) in [6.07, 6.45) is 4.87. The minimum Gasteiger partial charge on any atom is -0.494 e. The van der Waals surface area contributed by atoms with Crippen LogP contribution in [0.1, 0.15) is 31.7 Å². The van der Waals surface area contributed by atoms with Crippen molar-refractivity contribution in [3.8, 4) is 11.4 Å². The molecule has 1 aliphatic carbocycles. The zero-order valence-electron chi connectivity index (χ0n) is 19.8. The van der Waals surface area contributed by atoms with Gasteiger partial charge in [0.1, 0.15) is 11.3 Å². The second kappa shape index (κ2) is 9.34. The van der Waals surface area contributed by atoms with Crippen LogP contribution in [0.5, 0.6) is 5.75 Å². The predicted octanol–water partition coefficient (Wildman–Crippen LogP) is 3.40. The van der Waals surface area contributed by atoms with Crippen LogP contribution in [0.4, 0.5) is 0 Å². The van der Waals surface area contributed by atoms with Crippen LogP contribution in [0.15, 0.2) is 58.3 Å². The summed E-state index contributed by atoms with van der Waals surface area (Å²) in [4.78, 5) is 32.2. The standard InChI is InChI=1S/C25H25ClN4O5S/c1-35-21-8-4-7-19-22(21)27-14-20-23(19)29(17-11-9-16(10-12-17)28-36(2,33)34)25(32)30(24(20)31)18-6-3-5-15(26)13-18/h3-8,13-14,16-17,28H,9-12H2,1-2H3/t16-,17-. The molecular weight excluding hydrogens is 504 g/mol. The molecule has 0 spiro atoms. The largest absolute Gasteiger partial charge is 0.494 e. The highest BCUT2D eigenvalue weighted by molar-refractivity contribution is 7.88. The van der Waals surface area contributed by atoms with E-state index in [2.05, 4.69) is 9.71 Å². The number of benzene rings is 2. The zero-order valence-corrected chi connectivity index (χ0v) is 21.3. The van der Waals surface area contributed by atoms with E-state index in [1.165, 1.54) is 6.20 Å². The summed E-state index contributed by atoms with van der Waals surface area (Å²) in [5.41, 5.74) is 0.439. The summed E-state index contributed by atoms with van der Waals surface area (Å²) in [5.74, 6) is 0.536. The van der Waals surface area contributed by atoms with Gasteiger partial charge in [-0.2, -0.15) is 0 Å². The van der Waals surface area contributed by atoms with Gasteiger partial charge >= 0.3 is 5.69 Å². The molecule has 2 heterocycles. The summed E-state index contributed by atoms with van der Waals surface area (Å²) in [7, 11) is -1.79. The number of rotatable bonds is 5. The molecule has 0 saturated heterocycles. The van der Waals surface area contributed by atoms with E-state index in [9.17, 15) is 18.0 Å². The Bertz CT molecular complexity index is 1710. The molecule has 1 fully saturated rings. The maximum absolute atomic E-state index is 14.0. The normalized spacial score (nSPS) is 18.5. The lowest BCUT2D eigenvalue weighted by Gasteiger charge is -2.31. The minimum absolute atomic E-state index is 0.199. The molecule has 9 nitrogen and oxygen atoms in total. The summed E-state index contributed by atoms with van der Waals surface area (Å²) in [5, 5.41) is 1.33. The fraction of sp³-hybridized carbons (Fsp3) is 0.320. The highest BCUT2D eigenvalue weighted by Crippen LogP contribution is 2.34. The molecule has 0 aliphatic heterocycles. The summed E-state index contributed by atoms with van der Waals surface area (Å²) in [6, 6.07) is 11.5. The maximum Gasteiger partial charge on any atom is 0.336 e. The summed E-state index contributed by atoms with van der Waals surface area (Å²) >= 11 is 6.18. The van der Waals surface area contributed by atoms with Gasteiger partial charge in [0, 0.05) is 28.7 Å². The third-order valence-corrected chi connectivity index (χ3v) is 7.63. The minimum atomic E-state index is -3.34. The van der Waals surface area contributed by atoms with E-state index >= 15 is 0 Å². The molecule has 2 aromatic carbocycles. The summed E-state index contributed by atoms with van der Waals surface area (Å²) < 4.78 is 34.4. The number of aromatic nitrogens is 3. The molecule has 11 heteroatoms. The van der Waals surface area contributed by atoms with Gasteiger partial charge in [0.05, 0.1) is 30.0 Å². The number of nitrogens with zero attached hydrogens (tertiary/aromatic N) is 3. The van der Waals surface area contributed by atoms with Crippen molar-refractivity contribution >= 4 is 43.4 Å². The van der Waals surface area contributed by atoms with Crippen LogP contribution in [-0.2, 0) is 10.0 Å². The van der Waals surface area contributed by atoms with Gasteiger partial charge in [0.2, 0.25) is 10.0 Å². The average Bonchev–Trinajstić information content (AvgIpc) is 2.83. The van der Waals surface area contributed by atoms with E-state index in [1.807, 2.05) is 6.07 Å². The molecule has 188 valence electrons. The van der Waals surface area contributed by atoms with Crippen molar-refractivity contribution in [1.82, 2.24) is 18.8 Å². The Morgan fingerprint density at radius 1 is 1.06 bits per heavy atom. The SMILES string of the molecule is COc1cccc2c1ncc1c(=O)n(-c3cccc(Cl)c3)c(=O)n([C@H]3CC[C@H](NS(C)(=O)=O)CC3)c12. The molecular formula is C25H25ClN4O5S. The Balaban J connectivity index is 1.78. The molecule has 5 rings (SSSR count). The average molecular weight is 529 g/mol. The smallest absolute Gasteiger partial charge is 0.336 e. The molecule has 0 atom stereocenters. The maximum atomic E-state index is 14.0. The second-order valence-corrected chi connectivity index (χ2v) is 11.3. The molecule has 4 aromatic rings. The van der Waals surface area contributed by atoms with Crippen molar-refractivity contribution in [3.05, 3.63) is 74.5 Å².